The van der Waals surface area contributed by atoms with Gasteiger partial charge in [0, 0.05) is 26.2 Å². The Morgan fingerprint density at radius 2 is 1.93 bits per heavy atom. The molecular weight excluding hydrogens is 368 g/mol. The number of carbonyl (C=O) groups is 1. The Morgan fingerprint density at radius 1 is 1.14 bits per heavy atom. The average Bonchev–Trinajstić information content (AvgIpc) is 2.75. The summed E-state index contributed by atoms with van der Waals surface area (Å²) in [7, 11) is 0. The number of nitrogens with one attached hydrogen (secondary N) is 1. The van der Waals surface area contributed by atoms with Crippen LogP contribution in [0.3, 0.4) is 0 Å². The maximum atomic E-state index is 12.5. The topological polar surface area (TPSA) is 76.5 Å². The van der Waals surface area contributed by atoms with Gasteiger partial charge in [-0.05, 0) is 17.7 Å². The minimum Gasteiger partial charge on any atom is -0.374 e. The normalized spacial score (nSPS) is 17.3. The maximum Gasteiger partial charge on any atom is 0.261 e. The van der Waals surface area contributed by atoms with Crippen LogP contribution in [0.15, 0.2) is 65.7 Å². The maximum absolute atomic E-state index is 12.5. The molecule has 2 heterocycles. The largest absolute Gasteiger partial charge is 0.374 e. The number of ether oxygens (including phenoxy) is 1. The second kappa shape index (κ2) is 8.98. The molecule has 2 aromatic carbocycles. The quantitative estimate of drug-likeness (QED) is 0.687. The van der Waals surface area contributed by atoms with Gasteiger partial charge in [0.1, 0.15) is 6.54 Å². The van der Waals surface area contributed by atoms with Crippen molar-refractivity contribution >= 4 is 16.8 Å². The third-order valence-corrected chi connectivity index (χ3v) is 5.04. The van der Waals surface area contributed by atoms with E-state index in [0.29, 0.717) is 24.1 Å². The second-order valence-corrected chi connectivity index (χ2v) is 7.21. The van der Waals surface area contributed by atoms with Gasteiger partial charge >= 0.3 is 0 Å². The van der Waals surface area contributed by atoms with Crippen molar-refractivity contribution in [1.29, 1.82) is 0 Å². The van der Waals surface area contributed by atoms with Gasteiger partial charge in [-0.2, -0.15) is 0 Å². The van der Waals surface area contributed by atoms with Crippen LogP contribution >= 0.6 is 0 Å². The van der Waals surface area contributed by atoms with Crippen LogP contribution in [0.2, 0.25) is 0 Å². The van der Waals surface area contributed by atoms with Crippen molar-refractivity contribution < 1.29 is 9.53 Å². The van der Waals surface area contributed by atoms with Crippen LogP contribution in [-0.2, 0) is 22.6 Å². The number of fused-ring (bicyclic) bond motifs is 1. The molecule has 7 nitrogen and oxygen atoms in total. The average molecular weight is 392 g/mol. The fraction of sp³-hybridized carbons (Fsp3) is 0.318. The van der Waals surface area contributed by atoms with Gasteiger partial charge in [0.15, 0.2) is 0 Å². The summed E-state index contributed by atoms with van der Waals surface area (Å²) in [6.07, 6.45) is 1.35. The van der Waals surface area contributed by atoms with E-state index in [1.807, 2.05) is 24.3 Å². The van der Waals surface area contributed by atoms with E-state index in [0.717, 1.165) is 19.6 Å². The highest BCUT2D eigenvalue weighted by Gasteiger charge is 2.21. The van der Waals surface area contributed by atoms with Gasteiger partial charge in [0.05, 0.1) is 29.9 Å². The second-order valence-electron chi connectivity index (χ2n) is 7.21. The highest BCUT2D eigenvalue weighted by Crippen LogP contribution is 2.10. The van der Waals surface area contributed by atoms with Crippen LogP contribution in [0, 0.1) is 0 Å². The lowest BCUT2D eigenvalue weighted by atomic mass is 10.2. The molecule has 0 saturated carbocycles. The van der Waals surface area contributed by atoms with E-state index < -0.39 is 0 Å². The van der Waals surface area contributed by atoms with Crippen molar-refractivity contribution in [2.24, 2.45) is 0 Å². The summed E-state index contributed by atoms with van der Waals surface area (Å²) < 4.78 is 7.13. The Bertz CT molecular complexity index is 1030. The minimum absolute atomic E-state index is 0.0584. The molecule has 4 rings (SSSR count). The lowest BCUT2D eigenvalue weighted by Gasteiger charge is -2.33. The summed E-state index contributed by atoms with van der Waals surface area (Å²) in [6, 6.07) is 17.4. The molecule has 0 spiro atoms. The predicted molar refractivity (Wildman–Crippen MR) is 110 cm³/mol. The lowest BCUT2D eigenvalue weighted by molar-refractivity contribution is -0.123. The molecule has 1 aliphatic heterocycles. The van der Waals surface area contributed by atoms with Gasteiger partial charge in [0.2, 0.25) is 5.91 Å². The fourth-order valence-corrected chi connectivity index (χ4v) is 3.55. The van der Waals surface area contributed by atoms with Gasteiger partial charge in [-0.3, -0.25) is 19.1 Å². The third-order valence-electron chi connectivity index (χ3n) is 5.04. The van der Waals surface area contributed by atoms with Crippen molar-refractivity contribution in [2.45, 2.75) is 19.2 Å². The number of morpholine rings is 1. The SMILES string of the molecule is O=C(Cn1cnc2ccccc2c1=O)NCC1CN(Cc2ccccc2)CCO1. The van der Waals surface area contributed by atoms with Gasteiger partial charge in [-0.1, -0.05) is 42.5 Å². The van der Waals surface area contributed by atoms with E-state index in [9.17, 15) is 9.59 Å². The number of carbonyl (C=O) groups excluding carboxylic acids is 1. The van der Waals surface area contributed by atoms with Crippen LogP contribution in [0.4, 0.5) is 0 Å². The highest BCUT2D eigenvalue weighted by molar-refractivity contribution is 5.78. The summed E-state index contributed by atoms with van der Waals surface area (Å²) in [5.74, 6) is -0.229. The van der Waals surface area contributed by atoms with Gasteiger partial charge < -0.3 is 10.1 Å². The van der Waals surface area contributed by atoms with Gasteiger partial charge in [-0.25, -0.2) is 4.98 Å². The molecule has 0 aliphatic carbocycles. The Labute approximate surface area is 168 Å². The standard InChI is InChI=1S/C22H24N4O3/c27-21(15-26-16-24-20-9-5-4-8-19(20)22(26)28)23-12-18-14-25(10-11-29-18)13-17-6-2-1-3-7-17/h1-9,16,18H,10-15H2,(H,23,27). The number of benzene rings is 2. The van der Waals surface area contributed by atoms with E-state index in [2.05, 4.69) is 27.3 Å². The summed E-state index contributed by atoms with van der Waals surface area (Å²) >= 11 is 0. The molecule has 1 saturated heterocycles. The molecule has 29 heavy (non-hydrogen) atoms. The number of para-hydroxylation sites is 1. The van der Waals surface area contributed by atoms with Crippen molar-refractivity contribution in [3.05, 3.63) is 76.8 Å². The van der Waals surface area contributed by atoms with Crippen LogP contribution in [0.1, 0.15) is 5.56 Å². The lowest BCUT2D eigenvalue weighted by Crippen LogP contribution is -2.47. The summed E-state index contributed by atoms with van der Waals surface area (Å²) in [5.41, 5.74) is 1.68. The number of aromatic nitrogens is 2. The third kappa shape index (κ3) is 4.88. The zero-order chi connectivity index (χ0) is 20.1. The molecule has 1 aliphatic rings. The van der Waals surface area contributed by atoms with E-state index in [1.165, 1.54) is 16.5 Å². The first-order valence-corrected chi connectivity index (χ1v) is 9.78. The van der Waals surface area contributed by atoms with E-state index in [4.69, 9.17) is 4.74 Å². The van der Waals surface area contributed by atoms with Crippen LogP contribution in [0.25, 0.3) is 10.9 Å². The Kier molecular flexibility index (Phi) is 5.97. The van der Waals surface area contributed by atoms with E-state index in [-0.39, 0.29) is 24.1 Å². The van der Waals surface area contributed by atoms with Crippen molar-refractivity contribution in [2.75, 3.05) is 26.2 Å². The van der Waals surface area contributed by atoms with Crippen molar-refractivity contribution in [3.8, 4) is 0 Å². The van der Waals surface area contributed by atoms with Crippen LogP contribution in [0.5, 0.6) is 0 Å². The van der Waals surface area contributed by atoms with E-state index >= 15 is 0 Å². The van der Waals surface area contributed by atoms with Crippen LogP contribution in [-0.4, -0.2) is 52.7 Å². The fourth-order valence-electron chi connectivity index (χ4n) is 3.55. The molecule has 0 bridgehead atoms. The Balaban J connectivity index is 1.30. The first kappa shape index (κ1) is 19.3. The molecule has 1 unspecified atom stereocenters. The van der Waals surface area contributed by atoms with Gasteiger partial charge in [0.25, 0.3) is 5.56 Å². The van der Waals surface area contributed by atoms with Crippen molar-refractivity contribution in [3.63, 3.8) is 0 Å². The molecule has 3 aromatic rings. The molecule has 150 valence electrons. The minimum atomic E-state index is -0.229. The molecule has 1 fully saturated rings. The summed E-state index contributed by atoms with van der Waals surface area (Å²) in [6.45, 7) is 3.50. The predicted octanol–water partition coefficient (Wildman–Crippen LogP) is 1.41. The molecule has 1 amide bonds. The monoisotopic (exact) mass is 392 g/mol. The van der Waals surface area contributed by atoms with Gasteiger partial charge in [-0.15, -0.1) is 0 Å². The zero-order valence-corrected chi connectivity index (χ0v) is 16.2. The smallest absolute Gasteiger partial charge is 0.261 e. The molecular formula is C22H24N4O3. The number of nitrogens with zero attached hydrogens (tertiary/aromatic N) is 3. The Morgan fingerprint density at radius 3 is 2.79 bits per heavy atom. The number of amides is 1. The Hall–Kier alpha value is -3.03. The van der Waals surface area contributed by atoms with Crippen LogP contribution < -0.4 is 10.9 Å². The number of rotatable bonds is 6. The first-order valence-electron chi connectivity index (χ1n) is 9.78. The molecule has 1 N–H and O–H groups in total. The first-order chi connectivity index (χ1) is 14.2. The molecule has 1 atom stereocenters. The molecule has 0 radical (unpaired) electrons. The number of hydrogen-bond acceptors (Lipinski definition) is 5. The molecule has 7 heteroatoms. The zero-order valence-electron chi connectivity index (χ0n) is 16.2. The number of hydrogen-bond donors (Lipinski definition) is 1. The summed E-state index contributed by atoms with van der Waals surface area (Å²) in [5, 5.41) is 3.39. The van der Waals surface area contributed by atoms with Crippen molar-refractivity contribution in [1.82, 2.24) is 19.8 Å². The van der Waals surface area contributed by atoms with E-state index in [1.54, 1.807) is 18.2 Å². The molecule has 1 aromatic heterocycles. The summed E-state index contributed by atoms with van der Waals surface area (Å²) in [4.78, 5) is 31.4. The highest BCUT2D eigenvalue weighted by atomic mass is 16.5.